The highest BCUT2D eigenvalue weighted by molar-refractivity contribution is 7.22. The second-order valence-electron chi connectivity index (χ2n) is 9.02. The molecule has 0 saturated carbocycles. The number of carbonyl (C=O) groups is 2. The Labute approximate surface area is 225 Å². The van der Waals surface area contributed by atoms with Crippen LogP contribution in [0.5, 0.6) is 11.5 Å². The van der Waals surface area contributed by atoms with Gasteiger partial charge in [0.05, 0.1) is 35.0 Å². The van der Waals surface area contributed by atoms with Crippen molar-refractivity contribution in [3.05, 3.63) is 89.0 Å². The zero-order valence-electron chi connectivity index (χ0n) is 21.4. The molecule has 5 rings (SSSR count). The van der Waals surface area contributed by atoms with Crippen molar-refractivity contribution < 1.29 is 24.2 Å². The number of ketones is 1. The van der Waals surface area contributed by atoms with E-state index in [4.69, 9.17) is 9.47 Å². The summed E-state index contributed by atoms with van der Waals surface area (Å²) in [6.07, 6.45) is 0.875. The summed E-state index contributed by atoms with van der Waals surface area (Å²) in [5.41, 5.74) is 2.86. The maximum atomic E-state index is 13.5. The first-order valence-electron chi connectivity index (χ1n) is 12.6. The van der Waals surface area contributed by atoms with Gasteiger partial charge in [0, 0.05) is 5.56 Å². The molecule has 0 radical (unpaired) electrons. The molecule has 4 aromatic rings. The van der Waals surface area contributed by atoms with Gasteiger partial charge in [0.2, 0.25) is 0 Å². The normalized spacial score (nSPS) is 16.8. The minimum atomic E-state index is -0.868. The molecule has 0 aliphatic carbocycles. The molecule has 1 unspecified atom stereocenters. The van der Waals surface area contributed by atoms with Crippen LogP contribution >= 0.6 is 11.3 Å². The zero-order valence-corrected chi connectivity index (χ0v) is 22.2. The van der Waals surface area contributed by atoms with Crippen molar-refractivity contribution in [3.63, 3.8) is 0 Å². The van der Waals surface area contributed by atoms with Crippen LogP contribution in [0.15, 0.2) is 72.3 Å². The van der Waals surface area contributed by atoms with Crippen LogP contribution in [0, 0.1) is 6.92 Å². The summed E-state index contributed by atoms with van der Waals surface area (Å²) in [7, 11) is 0. The van der Waals surface area contributed by atoms with E-state index in [2.05, 4.69) is 4.98 Å². The number of nitrogens with zero attached hydrogens (tertiary/aromatic N) is 2. The molecule has 3 aromatic carbocycles. The molecule has 1 atom stereocenters. The molecule has 0 spiro atoms. The molecule has 1 aliphatic rings. The highest BCUT2D eigenvalue weighted by Crippen LogP contribution is 2.44. The summed E-state index contributed by atoms with van der Waals surface area (Å²) in [4.78, 5) is 33.1. The number of carbonyl (C=O) groups excluding carboxylic acids is 2. The number of benzene rings is 3. The van der Waals surface area contributed by atoms with Gasteiger partial charge in [0.25, 0.3) is 5.78 Å². The number of fused-ring (bicyclic) bond motifs is 1. The van der Waals surface area contributed by atoms with Gasteiger partial charge in [0.15, 0.2) is 5.13 Å². The lowest BCUT2D eigenvalue weighted by atomic mass is 9.95. The number of thiazole rings is 1. The molecule has 1 aliphatic heterocycles. The number of aromatic nitrogens is 1. The van der Waals surface area contributed by atoms with Crippen LogP contribution in [0.3, 0.4) is 0 Å². The largest absolute Gasteiger partial charge is 0.507 e. The molecule has 1 amide bonds. The molecule has 194 valence electrons. The van der Waals surface area contributed by atoms with E-state index < -0.39 is 17.7 Å². The fourth-order valence-electron chi connectivity index (χ4n) is 4.49. The highest BCUT2D eigenvalue weighted by Gasteiger charge is 2.48. The van der Waals surface area contributed by atoms with Gasteiger partial charge in [-0.25, -0.2) is 4.98 Å². The minimum absolute atomic E-state index is 0.00121. The van der Waals surface area contributed by atoms with Gasteiger partial charge in [-0.3, -0.25) is 14.5 Å². The molecule has 38 heavy (non-hydrogen) atoms. The Bertz CT molecular complexity index is 1540. The number of aliphatic hydroxyl groups is 1. The molecular formula is C30H28N2O5S. The summed E-state index contributed by atoms with van der Waals surface area (Å²) < 4.78 is 12.2. The van der Waals surface area contributed by atoms with Crippen LogP contribution in [0.25, 0.3) is 16.0 Å². The zero-order chi connectivity index (χ0) is 26.8. The summed E-state index contributed by atoms with van der Waals surface area (Å²) in [5, 5.41) is 11.8. The van der Waals surface area contributed by atoms with Crippen molar-refractivity contribution in [1.29, 1.82) is 0 Å². The number of hydrogen-bond donors (Lipinski definition) is 1. The second kappa shape index (κ2) is 10.7. The number of amides is 1. The van der Waals surface area contributed by atoms with Crippen molar-refractivity contribution >= 4 is 44.1 Å². The number of Topliss-reactive ketones (excluding diaryl/α,β-unsaturated/α-hetero) is 1. The van der Waals surface area contributed by atoms with E-state index in [-0.39, 0.29) is 11.3 Å². The monoisotopic (exact) mass is 528 g/mol. The van der Waals surface area contributed by atoms with E-state index in [9.17, 15) is 14.7 Å². The first-order chi connectivity index (χ1) is 18.4. The molecule has 1 saturated heterocycles. The topological polar surface area (TPSA) is 89.0 Å². The second-order valence-corrected chi connectivity index (χ2v) is 10.0. The summed E-state index contributed by atoms with van der Waals surface area (Å²) >= 11 is 1.34. The van der Waals surface area contributed by atoms with E-state index in [1.807, 2.05) is 63.2 Å². The van der Waals surface area contributed by atoms with E-state index in [1.54, 1.807) is 24.3 Å². The number of rotatable bonds is 8. The summed E-state index contributed by atoms with van der Waals surface area (Å²) in [6.45, 7) is 6.92. The minimum Gasteiger partial charge on any atom is -0.507 e. The Morgan fingerprint density at radius 1 is 1.00 bits per heavy atom. The molecule has 7 nitrogen and oxygen atoms in total. The van der Waals surface area contributed by atoms with Crippen molar-refractivity contribution in [2.75, 3.05) is 18.1 Å². The van der Waals surface area contributed by atoms with Gasteiger partial charge in [-0.1, -0.05) is 48.6 Å². The Kier molecular flexibility index (Phi) is 7.15. The number of aliphatic hydroxyl groups excluding tert-OH is 1. The molecule has 1 N–H and O–H groups in total. The lowest BCUT2D eigenvalue weighted by Crippen LogP contribution is -2.29. The van der Waals surface area contributed by atoms with Gasteiger partial charge in [-0.15, -0.1) is 0 Å². The third kappa shape index (κ3) is 4.75. The van der Waals surface area contributed by atoms with E-state index in [0.717, 1.165) is 22.2 Å². The van der Waals surface area contributed by atoms with Crippen LogP contribution in [0.2, 0.25) is 0 Å². The lowest BCUT2D eigenvalue weighted by molar-refractivity contribution is -0.132. The Hall–Kier alpha value is -4.17. The van der Waals surface area contributed by atoms with Gasteiger partial charge in [0.1, 0.15) is 17.3 Å². The van der Waals surface area contributed by atoms with Crippen LogP contribution in [0.1, 0.15) is 43.0 Å². The van der Waals surface area contributed by atoms with Gasteiger partial charge in [-0.2, -0.15) is 0 Å². The van der Waals surface area contributed by atoms with Gasteiger partial charge < -0.3 is 14.6 Å². The van der Waals surface area contributed by atoms with Crippen molar-refractivity contribution in [2.24, 2.45) is 0 Å². The van der Waals surface area contributed by atoms with Crippen LogP contribution in [-0.2, 0) is 9.59 Å². The Balaban J connectivity index is 1.66. The quantitative estimate of drug-likeness (QED) is 0.161. The van der Waals surface area contributed by atoms with E-state index >= 15 is 0 Å². The maximum Gasteiger partial charge on any atom is 0.301 e. The number of aryl methyl sites for hydroxylation is 1. The smallest absolute Gasteiger partial charge is 0.301 e. The Morgan fingerprint density at radius 3 is 2.53 bits per heavy atom. The fourth-order valence-corrected chi connectivity index (χ4v) is 5.58. The first kappa shape index (κ1) is 25.5. The van der Waals surface area contributed by atoms with Crippen molar-refractivity contribution in [3.8, 4) is 11.5 Å². The van der Waals surface area contributed by atoms with Crippen LogP contribution < -0.4 is 14.4 Å². The number of hydrogen-bond acceptors (Lipinski definition) is 7. The first-order valence-corrected chi connectivity index (χ1v) is 13.4. The van der Waals surface area contributed by atoms with E-state index in [1.165, 1.54) is 16.2 Å². The molecular weight excluding hydrogens is 500 g/mol. The predicted octanol–water partition coefficient (Wildman–Crippen LogP) is 6.42. The molecule has 0 bridgehead atoms. The molecule has 1 fully saturated rings. The van der Waals surface area contributed by atoms with E-state index in [0.29, 0.717) is 41.0 Å². The third-order valence-corrected chi connectivity index (χ3v) is 7.29. The molecule has 2 heterocycles. The highest BCUT2D eigenvalue weighted by atomic mass is 32.1. The molecule has 8 heteroatoms. The average Bonchev–Trinajstić information content (AvgIpc) is 3.45. The lowest BCUT2D eigenvalue weighted by Gasteiger charge is -2.23. The molecule has 1 aromatic heterocycles. The van der Waals surface area contributed by atoms with Crippen LogP contribution in [-0.4, -0.2) is 35.0 Å². The standard InChI is InChI=1S/C30H28N2O5S/c1-4-15-37-21-12-10-19(11-13-21)26-25(27(33)20-7-6-8-22(17-20)36-5-2)28(34)29(35)32(26)30-31-23-14-9-18(3)16-24(23)38-30/h6-14,16-17,26,33H,4-5,15H2,1-3H3/b27-25+. The van der Waals surface area contributed by atoms with Gasteiger partial charge in [-0.05, 0) is 67.8 Å². The maximum absolute atomic E-state index is 13.5. The fraction of sp³-hybridized carbons (Fsp3) is 0.233. The summed E-state index contributed by atoms with van der Waals surface area (Å²) in [6, 6.07) is 19.1. The SMILES string of the molecule is CCCOc1ccc(C2/C(=C(\O)c3cccc(OCC)c3)C(=O)C(=O)N2c2nc3ccc(C)cc3s2)cc1. The Morgan fingerprint density at radius 2 is 1.79 bits per heavy atom. The third-order valence-electron chi connectivity index (χ3n) is 6.27. The predicted molar refractivity (Wildman–Crippen MR) is 149 cm³/mol. The number of ether oxygens (including phenoxy) is 2. The number of anilines is 1. The van der Waals surface area contributed by atoms with Gasteiger partial charge >= 0.3 is 5.91 Å². The average molecular weight is 529 g/mol. The van der Waals surface area contributed by atoms with Crippen LogP contribution in [0.4, 0.5) is 5.13 Å². The van der Waals surface area contributed by atoms with Crippen molar-refractivity contribution in [1.82, 2.24) is 4.98 Å². The summed E-state index contributed by atoms with van der Waals surface area (Å²) in [5.74, 6) is -0.523. The van der Waals surface area contributed by atoms with Crippen molar-refractivity contribution in [2.45, 2.75) is 33.2 Å².